The van der Waals surface area contributed by atoms with Crippen molar-refractivity contribution in [2.45, 2.75) is 57.4 Å². The molecule has 20 heavy (non-hydrogen) atoms. The van der Waals surface area contributed by atoms with Crippen molar-refractivity contribution in [2.75, 3.05) is 13.7 Å². The molecule has 2 saturated carbocycles. The van der Waals surface area contributed by atoms with Crippen molar-refractivity contribution in [3.05, 3.63) is 29.8 Å². The van der Waals surface area contributed by atoms with Crippen LogP contribution in [0.5, 0.6) is 5.75 Å². The fourth-order valence-corrected chi connectivity index (χ4v) is 4.20. The zero-order valence-corrected chi connectivity index (χ0v) is 13.0. The van der Waals surface area contributed by atoms with Crippen LogP contribution in [-0.2, 0) is 5.41 Å². The predicted molar refractivity (Wildman–Crippen MR) is 83.3 cm³/mol. The smallest absolute Gasteiger partial charge is 0.119 e. The number of methoxy groups -OCH3 is 1. The van der Waals surface area contributed by atoms with E-state index < -0.39 is 0 Å². The number of rotatable bonds is 5. The Labute approximate surface area is 122 Å². The highest BCUT2D eigenvalue weighted by molar-refractivity contribution is 5.38. The third-order valence-electron chi connectivity index (χ3n) is 5.37. The van der Waals surface area contributed by atoms with Crippen molar-refractivity contribution >= 4 is 0 Å². The highest BCUT2D eigenvalue weighted by Gasteiger charge is 2.57. The van der Waals surface area contributed by atoms with E-state index in [1.54, 1.807) is 7.11 Å². The van der Waals surface area contributed by atoms with Gasteiger partial charge in [0.15, 0.2) is 0 Å². The monoisotopic (exact) mass is 273 g/mol. The topological polar surface area (TPSA) is 21.3 Å². The largest absolute Gasteiger partial charge is 0.497 e. The van der Waals surface area contributed by atoms with E-state index in [0.29, 0.717) is 16.9 Å². The third-order valence-corrected chi connectivity index (χ3v) is 5.37. The molecule has 0 unspecified atom stereocenters. The number of ether oxygens (including phenoxy) is 1. The van der Waals surface area contributed by atoms with Crippen LogP contribution in [0.3, 0.4) is 0 Å². The molecule has 1 aromatic rings. The summed E-state index contributed by atoms with van der Waals surface area (Å²) in [6.45, 7) is 5.56. The first-order valence-electron chi connectivity index (χ1n) is 7.96. The Hall–Kier alpha value is -1.02. The van der Waals surface area contributed by atoms with Crippen molar-refractivity contribution in [3.63, 3.8) is 0 Å². The minimum atomic E-state index is 0.333. The molecule has 0 atom stereocenters. The summed E-state index contributed by atoms with van der Waals surface area (Å²) in [7, 11) is 1.76. The fraction of sp³-hybridized carbons (Fsp3) is 0.667. The quantitative estimate of drug-likeness (QED) is 0.878. The van der Waals surface area contributed by atoms with Gasteiger partial charge in [-0.1, -0.05) is 32.4 Å². The van der Waals surface area contributed by atoms with Crippen molar-refractivity contribution in [1.82, 2.24) is 5.32 Å². The Morgan fingerprint density at radius 1 is 1.25 bits per heavy atom. The number of hydrogen-bond acceptors (Lipinski definition) is 2. The second-order valence-corrected chi connectivity index (χ2v) is 7.25. The first kappa shape index (κ1) is 13.9. The molecule has 0 amide bonds. The minimum Gasteiger partial charge on any atom is -0.497 e. The highest BCUT2D eigenvalue weighted by atomic mass is 16.5. The van der Waals surface area contributed by atoms with Crippen LogP contribution in [0.15, 0.2) is 24.3 Å². The molecule has 2 fully saturated rings. The zero-order valence-electron chi connectivity index (χ0n) is 13.0. The van der Waals surface area contributed by atoms with Crippen LogP contribution in [0.2, 0.25) is 0 Å². The van der Waals surface area contributed by atoms with Gasteiger partial charge in [-0.3, -0.25) is 0 Å². The second-order valence-electron chi connectivity index (χ2n) is 7.25. The lowest BCUT2D eigenvalue weighted by atomic mass is 9.43. The van der Waals surface area contributed by atoms with Crippen LogP contribution >= 0.6 is 0 Å². The van der Waals surface area contributed by atoms with E-state index in [9.17, 15) is 0 Å². The summed E-state index contributed by atoms with van der Waals surface area (Å²) in [6.07, 6.45) is 7.03. The molecule has 1 spiro atoms. The van der Waals surface area contributed by atoms with E-state index in [0.717, 1.165) is 12.3 Å². The summed E-state index contributed by atoms with van der Waals surface area (Å²) in [5.41, 5.74) is 2.48. The third kappa shape index (κ3) is 2.35. The van der Waals surface area contributed by atoms with E-state index >= 15 is 0 Å². The molecule has 2 nitrogen and oxygen atoms in total. The Bertz CT molecular complexity index is 468. The standard InChI is InChI=1S/C18H27NO/c1-14(2)19-13-18(11-17(12-18)8-5-9-17)15-6-4-7-16(10-15)20-3/h4,6-7,10,14,19H,5,8-9,11-13H2,1-3H3. The molecule has 1 aromatic carbocycles. The van der Waals surface area contributed by atoms with Crippen LogP contribution in [0.1, 0.15) is 51.5 Å². The van der Waals surface area contributed by atoms with Crippen LogP contribution < -0.4 is 10.1 Å². The van der Waals surface area contributed by atoms with Crippen molar-refractivity contribution < 1.29 is 4.74 Å². The van der Waals surface area contributed by atoms with Gasteiger partial charge in [0.2, 0.25) is 0 Å². The first-order valence-corrected chi connectivity index (χ1v) is 7.96. The van der Waals surface area contributed by atoms with E-state index in [2.05, 4.69) is 37.4 Å². The fourth-order valence-electron chi connectivity index (χ4n) is 4.20. The average Bonchev–Trinajstić information content (AvgIpc) is 2.36. The molecule has 2 aliphatic carbocycles. The average molecular weight is 273 g/mol. The molecule has 110 valence electrons. The zero-order chi connectivity index (χ0) is 14.2. The van der Waals surface area contributed by atoms with Gasteiger partial charge < -0.3 is 10.1 Å². The van der Waals surface area contributed by atoms with Gasteiger partial charge in [0.05, 0.1) is 7.11 Å². The Balaban J connectivity index is 1.81. The Morgan fingerprint density at radius 2 is 2.00 bits per heavy atom. The Morgan fingerprint density at radius 3 is 2.55 bits per heavy atom. The van der Waals surface area contributed by atoms with Gasteiger partial charge in [0.1, 0.15) is 5.75 Å². The number of benzene rings is 1. The normalized spacial score (nSPS) is 22.4. The number of nitrogens with one attached hydrogen (secondary N) is 1. The van der Waals surface area contributed by atoms with Crippen molar-refractivity contribution in [1.29, 1.82) is 0 Å². The molecule has 3 rings (SSSR count). The lowest BCUT2D eigenvalue weighted by Gasteiger charge is -2.62. The molecule has 0 bridgehead atoms. The lowest BCUT2D eigenvalue weighted by molar-refractivity contribution is -0.0489. The van der Waals surface area contributed by atoms with Crippen LogP contribution in [-0.4, -0.2) is 19.7 Å². The van der Waals surface area contributed by atoms with Gasteiger partial charge in [0, 0.05) is 18.0 Å². The molecule has 0 heterocycles. The Kier molecular flexibility index (Phi) is 3.53. The minimum absolute atomic E-state index is 0.333. The van der Waals surface area contributed by atoms with Gasteiger partial charge in [0.25, 0.3) is 0 Å². The van der Waals surface area contributed by atoms with E-state index in [1.165, 1.54) is 37.7 Å². The van der Waals surface area contributed by atoms with Gasteiger partial charge >= 0.3 is 0 Å². The van der Waals surface area contributed by atoms with Crippen LogP contribution in [0, 0.1) is 5.41 Å². The maximum Gasteiger partial charge on any atom is 0.119 e. The molecule has 1 N–H and O–H groups in total. The maximum atomic E-state index is 5.42. The first-order chi connectivity index (χ1) is 9.57. The molecular formula is C18H27NO. The van der Waals surface area contributed by atoms with E-state index in [-0.39, 0.29) is 0 Å². The molecular weight excluding hydrogens is 246 g/mol. The van der Waals surface area contributed by atoms with Gasteiger partial charge in [-0.2, -0.15) is 0 Å². The molecule has 0 aromatic heterocycles. The van der Waals surface area contributed by atoms with Gasteiger partial charge in [-0.25, -0.2) is 0 Å². The predicted octanol–water partition coefficient (Wildman–Crippen LogP) is 3.90. The SMILES string of the molecule is COc1cccc(C2(CNC(C)C)CC3(CCC3)C2)c1. The summed E-state index contributed by atoms with van der Waals surface area (Å²) in [6, 6.07) is 9.27. The van der Waals surface area contributed by atoms with Gasteiger partial charge in [-0.05, 0) is 48.8 Å². The van der Waals surface area contributed by atoms with Crippen LogP contribution in [0.25, 0.3) is 0 Å². The second kappa shape index (κ2) is 5.07. The van der Waals surface area contributed by atoms with Crippen LogP contribution in [0.4, 0.5) is 0 Å². The van der Waals surface area contributed by atoms with Gasteiger partial charge in [-0.15, -0.1) is 0 Å². The van der Waals surface area contributed by atoms with Crippen molar-refractivity contribution in [2.24, 2.45) is 5.41 Å². The molecule has 2 heteroatoms. The van der Waals surface area contributed by atoms with E-state index in [4.69, 9.17) is 4.74 Å². The summed E-state index contributed by atoms with van der Waals surface area (Å²) in [4.78, 5) is 0. The van der Waals surface area contributed by atoms with E-state index in [1.807, 2.05) is 6.07 Å². The summed E-state index contributed by atoms with van der Waals surface area (Å²) in [5.74, 6) is 0.987. The molecule has 0 radical (unpaired) electrons. The summed E-state index contributed by atoms with van der Waals surface area (Å²) >= 11 is 0. The van der Waals surface area contributed by atoms with Crippen molar-refractivity contribution in [3.8, 4) is 5.75 Å². The molecule has 0 aliphatic heterocycles. The lowest BCUT2D eigenvalue weighted by Crippen LogP contribution is -2.57. The number of hydrogen-bond donors (Lipinski definition) is 1. The summed E-state index contributed by atoms with van der Waals surface area (Å²) < 4.78 is 5.42. The molecule has 2 aliphatic rings. The highest BCUT2D eigenvalue weighted by Crippen LogP contribution is 2.64. The summed E-state index contributed by atoms with van der Waals surface area (Å²) in [5, 5.41) is 3.67. The molecule has 0 saturated heterocycles. The maximum absolute atomic E-state index is 5.42.